The van der Waals surface area contributed by atoms with Crippen LogP contribution in [0.15, 0.2) is 18.5 Å². The average molecular weight is 260 g/mol. The monoisotopic (exact) mass is 260 g/mol. The normalized spacial score (nSPS) is 16.6. The van der Waals surface area contributed by atoms with E-state index in [-0.39, 0.29) is 10.6 Å². The first kappa shape index (κ1) is 12.0. The van der Waals surface area contributed by atoms with E-state index in [4.69, 9.17) is 0 Å². The first-order valence-electron chi connectivity index (χ1n) is 6.63. The molecule has 0 atom stereocenters. The molecule has 0 bridgehead atoms. The Morgan fingerprint density at radius 3 is 2.89 bits per heavy atom. The summed E-state index contributed by atoms with van der Waals surface area (Å²) in [6, 6.07) is 2.16. The van der Waals surface area contributed by atoms with E-state index in [0.717, 1.165) is 18.2 Å². The predicted octanol–water partition coefficient (Wildman–Crippen LogP) is 3.22. The Bertz CT molecular complexity index is 602. The van der Waals surface area contributed by atoms with E-state index >= 15 is 0 Å². The molecule has 6 nitrogen and oxygen atoms in total. The maximum atomic E-state index is 11.1. The molecule has 0 spiro atoms. The first-order chi connectivity index (χ1) is 9.25. The van der Waals surface area contributed by atoms with Crippen LogP contribution in [0.1, 0.15) is 32.1 Å². The van der Waals surface area contributed by atoms with Crippen LogP contribution in [0.2, 0.25) is 0 Å². The molecule has 2 heterocycles. The van der Waals surface area contributed by atoms with Crippen molar-refractivity contribution in [3.05, 3.63) is 28.6 Å². The Morgan fingerprint density at radius 2 is 2.16 bits per heavy atom. The lowest BCUT2D eigenvalue weighted by molar-refractivity contribution is -0.384. The van der Waals surface area contributed by atoms with Gasteiger partial charge in [-0.2, -0.15) is 0 Å². The van der Waals surface area contributed by atoms with Crippen LogP contribution in [0.3, 0.4) is 0 Å². The van der Waals surface area contributed by atoms with E-state index in [1.165, 1.54) is 25.5 Å². The molecule has 2 N–H and O–H groups in total. The van der Waals surface area contributed by atoms with Gasteiger partial charge in [0, 0.05) is 17.6 Å². The largest absolute Gasteiger partial charge is 0.376 e. The summed E-state index contributed by atoms with van der Waals surface area (Å²) in [5.41, 5.74) is 1.34. The molecule has 1 aliphatic carbocycles. The highest BCUT2D eigenvalue weighted by Crippen LogP contribution is 2.33. The summed E-state index contributed by atoms with van der Waals surface area (Å²) in [5.74, 6) is 0. The molecule has 6 heteroatoms. The van der Waals surface area contributed by atoms with Gasteiger partial charge in [-0.05, 0) is 18.9 Å². The third-order valence-corrected chi connectivity index (χ3v) is 3.72. The van der Waals surface area contributed by atoms with Gasteiger partial charge in [0.1, 0.15) is 17.5 Å². The topological polar surface area (TPSA) is 83.8 Å². The van der Waals surface area contributed by atoms with E-state index in [2.05, 4.69) is 15.3 Å². The average Bonchev–Trinajstić information content (AvgIpc) is 2.88. The van der Waals surface area contributed by atoms with Crippen LogP contribution < -0.4 is 5.32 Å². The predicted molar refractivity (Wildman–Crippen MR) is 73.2 cm³/mol. The van der Waals surface area contributed by atoms with Gasteiger partial charge in [-0.15, -0.1) is 0 Å². The number of fused-ring (bicyclic) bond motifs is 1. The minimum atomic E-state index is -0.370. The highest BCUT2D eigenvalue weighted by atomic mass is 16.6. The molecule has 1 saturated carbocycles. The third kappa shape index (κ3) is 2.25. The Kier molecular flexibility index (Phi) is 3.06. The number of hydrogen-bond donors (Lipinski definition) is 2. The fraction of sp³-hybridized carbons (Fsp3) is 0.462. The summed E-state index contributed by atoms with van der Waals surface area (Å²) in [7, 11) is 0. The number of nitrogens with one attached hydrogen (secondary N) is 2. The number of anilines is 1. The molecule has 1 fully saturated rings. The molecule has 2 aromatic rings. The zero-order valence-corrected chi connectivity index (χ0v) is 10.6. The third-order valence-electron chi connectivity index (χ3n) is 3.72. The molecule has 2 aromatic heterocycles. The molecule has 1 aliphatic rings. The molecule has 0 aromatic carbocycles. The fourth-order valence-electron chi connectivity index (χ4n) is 2.74. The summed E-state index contributed by atoms with van der Waals surface area (Å²) in [6.07, 6.45) is 8.87. The summed E-state index contributed by atoms with van der Waals surface area (Å²) in [4.78, 5) is 17.8. The van der Waals surface area contributed by atoms with Crippen LogP contribution in [0.5, 0.6) is 0 Å². The van der Waals surface area contributed by atoms with Gasteiger partial charge in [-0.3, -0.25) is 10.1 Å². The van der Waals surface area contributed by atoms with Gasteiger partial charge in [0.15, 0.2) is 0 Å². The van der Waals surface area contributed by atoms with Gasteiger partial charge < -0.3 is 10.3 Å². The molecule has 100 valence electrons. The zero-order valence-electron chi connectivity index (χ0n) is 10.6. The smallest absolute Gasteiger partial charge is 0.311 e. The van der Waals surface area contributed by atoms with E-state index < -0.39 is 0 Å². The zero-order chi connectivity index (χ0) is 13.2. The summed E-state index contributed by atoms with van der Waals surface area (Å²) in [6.45, 7) is 0. The van der Waals surface area contributed by atoms with Gasteiger partial charge >= 0.3 is 5.69 Å². The number of pyridine rings is 1. The van der Waals surface area contributed by atoms with Crippen molar-refractivity contribution >= 4 is 22.4 Å². The summed E-state index contributed by atoms with van der Waals surface area (Å²) in [5, 5.41) is 15.3. The van der Waals surface area contributed by atoms with E-state index in [1.54, 1.807) is 6.20 Å². The van der Waals surface area contributed by atoms with Crippen LogP contribution in [-0.2, 0) is 0 Å². The minimum absolute atomic E-state index is 0.0534. The molecule has 3 rings (SSSR count). The molecule has 0 aliphatic heterocycles. The Morgan fingerprint density at radius 1 is 1.37 bits per heavy atom. The van der Waals surface area contributed by atoms with Crippen molar-refractivity contribution in [3.8, 4) is 0 Å². The van der Waals surface area contributed by atoms with Crippen molar-refractivity contribution in [3.63, 3.8) is 0 Å². The van der Waals surface area contributed by atoms with E-state index in [0.29, 0.717) is 17.4 Å². The minimum Gasteiger partial charge on any atom is -0.376 e. The van der Waals surface area contributed by atoms with Gasteiger partial charge in [0.05, 0.1) is 4.92 Å². The molecule has 0 amide bonds. The number of H-pyrrole nitrogens is 1. The molecule has 19 heavy (non-hydrogen) atoms. The second-order valence-electron chi connectivity index (χ2n) is 4.99. The quantitative estimate of drug-likeness (QED) is 0.655. The molecule has 0 unspecified atom stereocenters. The van der Waals surface area contributed by atoms with Gasteiger partial charge in [0.2, 0.25) is 0 Å². The highest BCUT2D eigenvalue weighted by molar-refractivity contribution is 5.94. The van der Waals surface area contributed by atoms with E-state index in [1.807, 2.05) is 6.07 Å². The van der Waals surface area contributed by atoms with Crippen molar-refractivity contribution in [1.82, 2.24) is 9.97 Å². The maximum Gasteiger partial charge on any atom is 0.311 e. The van der Waals surface area contributed by atoms with Crippen LogP contribution in [0.4, 0.5) is 11.4 Å². The van der Waals surface area contributed by atoms with E-state index in [9.17, 15) is 10.1 Å². The first-order valence-corrected chi connectivity index (χ1v) is 6.63. The fourth-order valence-corrected chi connectivity index (χ4v) is 2.74. The lowest BCUT2D eigenvalue weighted by atomic mass is 9.95. The summed E-state index contributed by atoms with van der Waals surface area (Å²) < 4.78 is 0. The lowest BCUT2D eigenvalue weighted by Gasteiger charge is -2.23. The number of rotatable bonds is 3. The second-order valence-corrected chi connectivity index (χ2v) is 4.99. The van der Waals surface area contributed by atoms with Crippen molar-refractivity contribution in [1.29, 1.82) is 0 Å². The maximum absolute atomic E-state index is 11.1. The van der Waals surface area contributed by atoms with Gasteiger partial charge in [-0.1, -0.05) is 19.3 Å². The number of aromatic amines is 1. The standard InChI is InChI=1S/C13H16N4O2/c18-17(19)11-8-15-13-10(6-7-14-13)12(11)16-9-4-2-1-3-5-9/h6-9H,1-5H2,(H2,14,15,16). The van der Waals surface area contributed by atoms with Crippen LogP contribution in [0, 0.1) is 10.1 Å². The number of hydrogen-bond acceptors (Lipinski definition) is 4. The van der Waals surface area contributed by atoms with Crippen molar-refractivity contribution in [2.75, 3.05) is 5.32 Å². The SMILES string of the molecule is O=[N+]([O-])c1cnc2[nH]ccc2c1NC1CCCCC1. The molecule has 0 saturated heterocycles. The van der Waals surface area contributed by atoms with Crippen molar-refractivity contribution < 1.29 is 4.92 Å². The molecule has 0 radical (unpaired) electrons. The number of nitro groups is 1. The summed E-state index contributed by atoms with van der Waals surface area (Å²) >= 11 is 0. The van der Waals surface area contributed by atoms with Crippen LogP contribution >= 0.6 is 0 Å². The number of nitrogens with zero attached hydrogens (tertiary/aromatic N) is 2. The Hall–Kier alpha value is -2.11. The second kappa shape index (κ2) is 4.87. The molecular formula is C13H16N4O2. The van der Waals surface area contributed by atoms with Crippen LogP contribution in [0.25, 0.3) is 11.0 Å². The van der Waals surface area contributed by atoms with Crippen molar-refractivity contribution in [2.45, 2.75) is 38.1 Å². The van der Waals surface area contributed by atoms with Gasteiger partial charge in [0.25, 0.3) is 0 Å². The number of aromatic nitrogens is 2. The Labute approximate surface area is 110 Å². The Balaban J connectivity index is 2.00. The molecular weight excluding hydrogens is 244 g/mol. The highest BCUT2D eigenvalue weighted by Gasteiger charge is 2.22. The van der Waals surface area contributed by atoms with Gasteiger partial charge in [-0.25, -0.2) is 4.98 Å². The van der Waals surface area contributed by atoms with Crippen molar-refractivity contribution in [2.24, 2.45) is 0 Å². The lowest BCUT2D eigenvalue weighted by Crippen LogP contribution is -2.22. The van der Waals surface area contributed by atoms with Crippen LogP contribution in [-0.4, -0.2) is 20.9 Å².